The van der Waals surface area contributed by atoms with Crippen LogP contribution in [0.3, 0.4) is 0 Å². The van der Waals surface area contributed by atoms with Crippen molar-refractivity contribution < 1.29 is 22.6 Å². The maximum Gasteiger partial charge on any atom is 0.244 e. The van der Waals surface area contributed by atoms with Gasteiger partial charge in [-0.1, -0.05) is 30.7 Å². The Kier molecular flexibility index (Phi) is 5.36. The summed E-state index contributed by atoms with van der Waals surface area (Å²) >= 11 is 0. The third-order valence-corrected chi connectivity index (χ3v) is 7.17. The van der Waals surface area contributed by atoms with Gasteiger partial charge in [0, 0.05) is 17.3 Å². The SMILES string of the molecule is CCOc1ccc(S(=O)(=O)N2CCCCC2C2OCCO2)c2ccccc12. The molecule has 2 saturated heterocycles. The molecule has 0 aliphatic carbocycles. The second-order valence-corrected chi connectivity index (χ2v) is 8.69. The van der Waals surface area contributed by atoms with Crippen LogP contribution in [-0.2, 0) is 19.5 Å². The average Bonchev–Trinajstić information content (AvgIpc) is 3.23. The van der Waals surface area contributed by atoms with Gasteiger partial charge in [-0.25, -0.2) is 8.42 Å². The molecule has 2 aromatic rings. The van der Waals surface area contributed by atoms with Crippen LogP contribution in [0.15, 0.2) is 41.3 Å². The van der Waals surface area contributed by atoms with E-state index in [-0.39, 0.29) is 6.04 Å². The van der Waals surface area contributed by atoms with E-state index in [1.807, 2.05) is 31.2 Å². The number of piperidine rings is 1. The van der Waals surface area contributed by atoms with Crippen LogP contribution in [0.1, 0.15) is 26.2 Å². The number of benzene rings is 2. The number of fused-ring (bicyclic) bond motifs is 1. The Balaban J connectivity index is 1.78. The molecule has 0 N–H and O–H groups in total. The Bertz CT molecular complexity index is 908. The molecule has 2 aliphatic rings. The van der Waals surface area contributed by atoms with Gasteiger partial charge < -0.3 is 14.2 Å². The first kappa shape index (κ1) is 18.7. The Morgan fingerprint density at radius 1 is 1.07 bits per heavy atom. The standard InChI is InChI=1S/C20H25NO5S/c1-2-24-18-10-11-19(16-8-4-3-7-15(16)18)27(22,23)21-12-6-5-9-17(21)20-25-13-14-26-20/h3-4,7-8,10-11,17,20H,2,5-6,9,12-14H2,1H3. The van der Waals surface area contributed by atoms with E-state index >= 15 is 0 Å². The van der Waals surface area contributed by atoms with E-state index in [0.29, 0.717) is 42.4 Å². The van der Waals surface area contributed by atoms with Crippen molar-refractivity contribution in [2.24, 2.45) is 0 Å². The van der Waals surface area contributed by atoms with Gasteiger partial charge in [0.15, 0.2) is 6.29 Å². The summed E-state index contributed by atoms with van der Waals surface area (Å²) in [5.74, 6) is 0.699. The summed E-state index contributed by atoms with van der Waals surface area (Å²) in [6, 6.07) is 10.6. The van der Waals surface area contributed by atoms with Gasteiger partial charge in [-0.2, -0.15) is 4.31 Å². The number of ether oxygens (including phenoxy) is 3. The Labute approximate surface area is 160 Å². The summed E-state index contributed by atoms with van der Waals surface area (Å²) < 4.78 is 45.8. The highest BCUT2D eigenvalue weighted by molar-refractivity contribution is 7.89. The first-order chi connectivity index (χ1) is 13.1. The Morgan fingerprint density at radius 3 is 2.56 bits per heavy atom. The summed E-state index contributed by atoms with van der Waals surface area (Å²) in [5, 5.41) is 1.49. The Morgan fingerprint density at radius 2 is 1.81 bits per heavy atom. The van der Waals surface area contributed by atoms with Crippen molar-refractivity contribution in [3.63, 3.8) is 0 Å². The molecule has 4 rings (SSSR count). The zero-order valence-corrected chi connectivity index (χ0v) is 16.3. The molecule has 0 spiro atoms. The van der Waals surface area contributed by atoms with Gasteiger partial charge in [-0.15, -0.1) is 0 Å². The minimum atomic E-state index is -3.69. The topological polar surface area (TPSA) is 65.1 Å². The summed E-state index contributed by atoms with van der Waals surface area (Å²) in [7, 11) is -3.69. The lowest BCUT2D eigenvalue weighted by atomic mass is 10.0. The van der Waals surface area contributed by atoms with Gasteiger partial charge in [0.05, 0.1) is 30.8 Å². The molecule has 1 unspecified atom stereocenters. The average molecular weight is 391 g/mol. The van der Waals surface area contributed by atoms with Gasteiger partial charge in [-0.05, 0) is 31.9 Å². The van der Waals surface area contributed by atoms with E-state index in [2.05, 4.69) is 0 Å². The first-order valence-electron chi connectivity index (χ1n) is 9.52. The van der Waals surface area contributed by atoms with Crippen molar-refractivity contribution in [1.82, 2.24) is 4.31 Å². The zero-order valence-electron chi connectivity index (χ0n) is 15.5. The zero-order chi connectivity index (χ0) is 18.9. The lowest BCUT2D eigenvalue weighted by molar-refractivity contribution is -0.0913. The van der Waals surface area contributed by atoms with E-state index < -0.39 is 16.3 Å². The van der Waals surface area contributed by atoms with Crippen molar-refractivity contribution in [3.8, 4) is 5.75 Å². The fourth-order valence-electron chi connectivity index (χ4n) is 3.98. The maximum absolute atomic E-state index is 13.6. The van der Waals surface area contributed by atoms with Crippen LogP contribution in [0.2, 0.25) is 0 Å². The van der Waals surface area contributed by atoms with Crippen molar-refractivity contribution >= 4 is 20.8 Å². The summed E-state index contributed by atoms with van der Waals surface area (Å²) in [4.78, 5) is 0.312. The minimum absolute atomic E-state index is 0.281. The van der Waals surface area contributed by atoms with Crippen LogP contribution in [-0.4, -0.2) is 51.4 Å². The van der Waals surface area contributed by atoms with Crippen LogP contribution < -0.4 is 4.74 Å². The molecule has 0 saturated carbocycles. The van der Waals surface area contributed by atoms with E-state index in [1.165, 1.54) is 0 Å². The van der Waals surface area contributed by atoms with Crippen LogP contribution in [0, 0.1) is 0 Å². The van der Waals surface area contributed by atoms with Gasteiger partial charge in [0.1, 0.15) is 5.75 Å². The minimum Gasteiger partial charge on any atom is -0.493 e. The first-order valence-corrected chi connectivity index (χ1v) is 11.0. The molecule has 2 aromatic carbocycles. The predicted octanol–water partition coefficient (Wildman–Crippen LogP) is 3.15. The summed E-state index contributed by atoms with van der Waals surface area (Å²) in [6.07, 6.45) is 2.09. The molecule has 2 aliphatic heterocycles. The third kappa shape index (κ3) is 3.45. The van der Waals surface area contributed by atoms with E-state index in [0.717, 1.165) is 24.6 Å². The van der Waals surface area contributed by atoms with E-state index in [4.69, 9.17) is 14.2 Å². The second-order valence-electron chi connectivity index (χ2n) is 6.83. The maximum atomic E-state index is 13.6. The lowest BCUT2D eigenvalue weighted by Gasteiger charge is -2.37. The number of rotatable bonds is 5. The van der Waals surface area contributed by atoms with Crippen molar-refractivity contribution in [2.45, 2.75) is 43.4 Å². The van der Waals surface area contributed by atoms with Crippen LogP contribution >= 0.6 is 0 Å². The molecule has 7 heteroatoms. The molecule has 0 aromatic heterocycles. The molecular formula is C20H25NO5S. The molecule has 2 heterocycles. The van der Waals surface area contributed by atoms with Gasteiger partial charge in [0.2, 0.25) is 10.0 Å². The smallest absolute Gasteiger partial charge is 0.244 e. The number of nitrogens with zero attached hydrogens (tertiary/aromatic N) is 1. The van der Waals surface area contributed by atoms with E-state index in [1.54, 1.807) is 16.4 Å². The fraction of sp³-hybridized carbons (Fsp3) is 0.500. The van der Waals surface area contributed by atoms with Crippen LogP contribution in [0.4, 0.5) is 0 Å². The number of hydrogen-bond donors (Lipinski definition) is 0. The number of hydrogen-bond acceptors (Lipinski definition) is 5. The Hall–Kier alpha value is -1.67. The van der Waals surface area contributed by atoms with Gasteiger partial charge >= 0.3 is 0 Å². The highest BCUT2D eigenvalue weighted by Gasteiger charge is 2.41. The lowest BCUT2D eigenvalue weighted by Crippen LogP contribution is -2.50. The third-order valence-electron chi connectivity index (χ3n) is 5.19. The largest absolute Gasteiger partial charge is 0.493 e. The fourth-order valence-corrected chi connectivity index (χ4v) is 5.86. The molecule has 146 valence electrons. The van der Waals surface area contributed by atoms with Gasteiger partial charge in [0.25, 0.3) is 0 Å². The van der Waals surface area contributed by atoms with Crippen molar-refractivity contribution in [2.75, 3.05) is 26.4 Å². The second kappa shape index (κ2) is 7.75. The summed E-state index contributed by atoms with van der Waals surface area (Å²) in [5.41, 5.74) is 0. The quantitative estimate of drug-likeness (QED) is 0.783. The van der Waals surface area contributed by atoms with Crippen LogP contribution in [0.25, 0.3) is 10.8 Å². The molecular weight excluding hydrogens is 366 g/mol. The van der Waals surface area contributed by atoms with Crippen molar-refractivity contribution in [3.05, 3.63) is 36.4 Å². The van der Waals surface area contributed by atoms with Gasteiger partial charge in [-0.3, -0.25) is 0 Å². The molecule has 27 heavy (non-hydrogen) atoms. The highest BCUT2D eigenvalue weighted by atomic mass is 32.2. The predicted molar refractivity (Wildman–Crippen MR) is 102 cm³/mol. The number of sulfonamides is 1. The molecule has 1 atom stereocenters. The molecule has 2 fully saturated rings. The summed E-state index contributed by atoms with van der Waals surface area (Å²) in [6.45, 7) is 3.96. The van der Waals surface area contributed by atoms with E-state index in [9.17, 15) is 8.42 Å². The molecule has 0 bridgehead atoms. The highest BCUT2D eigenvalue weighted by Crippen LogP contribution is 2.35. The molecule has 0 radical (unpaired) electrons. The monoisotopic (exact) mass is 391 g/mol. The van der Waals surface area contributed by atoms with Crippen molar-refractivity contribution in [1.29, 1.82) is 0 Å². The molecule has 6 nitrogen and oxygen atoms in total. The van der Waals surface area contributed by atoms with Crippen LogP contribution in [0.5, 0.6) is 5.75 Å². The normalized spacial score (nSPS) is 22.3. The molecule has 0 amide bonds.